The van der Waals surface area contributed by atoms with Gasteiger partial charge in [0.2, 0.25) is 0 Å². The monoisotopic (exact) mass is 422 g/mol. The fourth-order valence-electron chi connectivity index (χ4n) is 1.82. The lowest BCUT2D eigenvalue weighted by Gasteiger charge is -2.17. The molecule has 3 saturated heterocycles. The third-order valence-corrected chi connectivity index (χ3v) is 5.22. The summed E-state index contributed by atoms with van der Waals surface area (Å²) in [5, 5.41) is 0. The van der Waals surface area contributed by atoms with Gasteiger partial charge in [0, 0.05) is 0 Å². The van der Waals surface area contributed by atoms with Gasteiger partial charge in [0.25, 0.3) is 0 Å². The Hall–Kier alpha value is 0.155. The highest BCUT2D eigenvalue weighted by atomic mass is 32.2. The van der Waals surface area contributed by atoms with Crippen LogP contribution in [0.2, 0.25) is 0 Å². The Bertz CT molecular complexity index is 451. The van der Waals surface area contributed by atoms with Crippen LogP contribution in [-0.2, 0) is 73.1 Å². The zero-order valence-corrected chi connectivity index (χ0v) is 15.1. The van der Waals surface area contributed by atoms with E-state index in [2.05, 4.69) is 0 Å². The van der Waals surface area contributed by atoms with Gasteiger partial charge < -0.3 is 14.0 Å². The Morgan fingerprint density at radius 1 is 0.680 bits per heavy atom. The fraction of sp³-hybridized carbons (Fsp3) is 1.00. The number of rotatable bonds is 9. The molecular weight excluding hydrogens is 407 g/mol. The molecule has 3 aliphatic heterocycles. The Morgan fingerprint density at radius 2 is 1.00 bits per heavy atom. The first-order valence-electron chi connectivity index (χ1n) is 7.10. The predicted molar refractivity (Wildman–Crippen MR) is 80.5 cm³/mol. The van der Waals surface area contributed by atoms with Gasteiger partial charge >= 0.3 is 41.4 Å². The van der Waals surface area contributed by atoms with E-state index in [-0.39, 0.29) is 39.6 Å². The van der Waals surface area contributed by atoms with E-state index >= 15 is 0 Å². The maximum Gasteiger partial charge on any atom is 0.639 e. The van der Waals surface area contributed by atoms with Crippen molar-refractivity contribution < 1.29 is 51.7 Å². The smallest absolute Gasteiger partial charge is 0.383 e. The molecule has 16 heteroatoms. The third-order valence-electron chi connectivity index (χ3n) is 2.95. The average molecular weight is 422 g/mol. The van der Waals surface area contributed by atoms with Gasteiger partial charge in [0.1, 0.15) is 18.3 Å². The van der Waals surface area contributed by atoms with Crippen molar-refractivity contribution in [2.75, 3.05) is 39.6 Å². The summed E-state index contributed by atoms with van der Waals surface area (Å²) in [4.78, 5) is 0. The second kappa shape index (κ2) is 9.91. The van der Waals surface area contributed by atoms with Crippen LogP contribution in [0.25, 0.3) is 0 Å². The Morgan fingerprint density at radius 3 is 1.24 bits per heavy atom. The molecule has 0 N–H and O–H groups in total. The first-order chi connectivity index (χ1) is 12.1. The number of hydrogen-bond acceptors (Lipinski definition) is 12. The van der Waals surface area contributed by atoms with Crippen molar-refractivity contribution in [1.82, 2.24) is 0 Å². The molecule has 6 unspecified atom stereocenters. The molecule has 0 saturated carbocycles. The summed E-state index contributed by atoms with van der Waals surface area (Å²) >= 11 is -5.37. The molecule has 3 aliphatic rings. The molecule has 0 aromatic carbocycles. The van der Waals surface area contributed by atoms with Crippen LogP contribution in [0, 0.1) is 0 Å². The molecule has 3 heterocycles. The maximum absolute atomic E-state index is 11.0. The van der Waals surface area contributed by atoms with Crippen LogP contribution in [0.3, 0.4) is 0 Å². The zero-order chi connectivity index (χ0) is 17.6. The lowest BCUT2D eigenvalue weighted by Crippen LogP contribution is -2.37. The highest BCUT2D eigenvalue weighted by Gasteiger charge is 2.33. The SMILES string of the molecule is O=S1OCC(COB(OCC2COS(=O)O2)OCC2COS(=O)O2)O1. The van der Waals surface area contributed by atoms with Crippen LogP contribution in [0.15, 0.2) is 0 Å². The van der Waals surface area contributed by atoms with Gasteiger partial charge in [0.05, 0.1) is 39.6 Å². The van der Waals surface area contributed by atoms with Crippen molar-refractivity contribution in [3.63, 3.8) is 0 Å². The summed E-state index contributed by atoms with van der Waals surface area (Å²) < 4.78 is 78.3. The van der Waals surface area contributed by atoms with Crippen LogP contribution in [0.5, 0.6) is 0 Å². The van der Waals surface area contributed by atoms with Gasteiger partial charge in [0.15, 0.2) is 0 Å². The largest absolute Gasteiger partial charge is 0.639 e. The first kappa shape index (κ1) is 19.9. The topological polar surface area (TPSA) is 134 Å². The minimum absolute atomic E-state index is 0.00167. The van der Waals surface area contributed by atoms with Crippen LogP contribution in [0.1, 0.15) is 0 Å². The summed E-state index contributed by atoms with van der Waals surface area (Å²) in [7, 11) is -1.15. The van der Waals surface area contributed by atoms with E-state index in [9.17, 15) is 12.6 Å². The van der Waals surface area contributed by atoms with E-state index in [0.717, 1.165) is 0 Å². The van der Waals surface area contributed by atoms with Crippen molar-refractivity contribution >= 4 is 41.4 Å². The van der Waals surface area contributed by atoms with Gasteiger partial charge in [-0.05, 0) is 0 Å². The highest BCUT2D eigenvalue weighted by molar-refractivity contribution is 7.75. The maximum atomic E-state index is 11.0. The van der Waals surface area contributed by atoms with E-state index in [1.807, 2.05) is 0 Å². The predicted octanol–water partition coefficient (Wildman–Crippen LogP) is -2.00. The minimum Gasteiger partial charge on any atom is -0.383 e. The van der Waals surface area contributed by atoms with Crippen molar-refractivity contribution in [2.45, 2.75) is 18.3 Å². The first-order valence-corrected chi connectivity index (χ1v) is 10.1. The van der Waals surface area contributed by atoms with Crippen LogP contribution in [0.4, 0.5) is 0 Å². The fourth-order valence-corrected chi connectivity index (χ4v) is 3.78. The van der Waals surface area contributed by atoms with Gasteiger partial charge in [-0.2, -0.15) is 12.6 Å². The molecule has 6 atom stereocenters. The summed E-state index contributed by atoms with van der Waals surface area (Å²) in [5.41, 5.74) is 0. The summed E-state index contributed by atoms with van der Waals surface area (Å²) in [6.07, 6.45) is -1.60. The second-order valence-electron chi connectivity index (χ2n) is 4.91. The minimum atomic E-state index is -1.79. The van der Waals surface area contributed by atoms with Crippen LogP contribution >= 0.6 is 0 Å². The van der Waals surface area contributed by atoms with Crippen molar-refractivity contribution in [1.29, 1.82) is 0 Å². The quantitative estimate of drug-likeness (QED) is 0.381. The molecule has 3 fully saturated rings. The van der Waals surface area contributed by atoms with E-state index < -0.39 is 59.7 Å². The molecule has 3 rings (SSSR count). The van der Waals surface area contributed by atoms with Crippen molar-refractivity contribution in [2.24, 2.45) is 0 Å². The van der Waals surface area contributed by atoms with Crippen LogP contribution < -0.4 is 0 Å². The summed E-state index contributed by atoms with van der Waals surface area (Å²) in [6.45, 7) is 0.318. The molecule has 0 aromatic heterocycles. The van der Waals surface area contributed by atoms with E-state index in [0.29, 0.717) is 0 Å². The van der Waals surface area contributed by atoms with Crippen molar-refractivity contribution in [3.8, 4) is 0 Å². The lowest BCUT2D eigenvalue weighted by molar-refractivity contribution is 0.0263. The van der Waals surface area contributed by atoms with Gasteiger partial charge in [-0.25, -0.2) is 0 Å². The van der Waals surface area contributed by atoms with Crippen molar-refractivity contribution in [3.05, 3.63) is 0 Å². The van der Waals surface area contributed by atoms with Gasteiger partial charge in [-0.1, -0.05) is 0 Å². The molecule has 0 amide bonds. The molecule has 0 aliphatic carbocycles. The highest BCUT2D eigenvalue weighted by Crippen LogP contribution is 2.14. The summed E-state index contributed by atoms with van der Waals surface area (Å²) in [6, 6.07) is 0. The normalized spacial score (nSPS) is 38.4. The average Bonchev–Trinajstić information content (AvgIpc) is 3.29. The van der Waals surface area contributed by atoms with E-state index in [4.69, 9.17) is 39.1 Å². The molecule has 12 nitrogen and oxygen atoms in total. The standard InChI is InChI=1S/C9H15BO12S3/c11-23-17-4-7(20-23)1-14-10(15-2-8-5-18-24(12)21-8)16-3-9-6-19-25(13)22-9/h7-9H,1-6H2. The molecule has 0 aromatic rings. The lowest BCUT2D eigenvalue weighted by atomic mass is 10.2. The van der Waals surface area contributed by atoms with Gasteiger partial charge in [-0.3, -0.25) is 25.1 Å². The Kier molecular flexibility index (Phi) is 7.89. The Labute approximate surface area is 151 Å². The Balaban J connectivity index is 1.43. The summed E-state index contributed by atoms with van der Waals surface area (Å²) in [5.74, 6) is 0. The zero-order valence-electron chi connectivity index (χ0n) is 12.7. The molecule has 0 radical (unpaired) electrons. The molecule has 25 heavy (non-hydrogen) atoms. The van der Waals surface area contributed by atoms with Crippen LogP contribution in [-0.4, -0.2) is 77.9 Å². The van der Waals surface area contributed by atoms with Gasteiger partial charge in [-0.15, -0.1) is 0 Å². The molecule has 144 valence electrons. The van der Waals surface area contributed by atoms with E-state index in [1.54, 1.807) is 0 Å². The molecule has 0 bridgehead atoms. The molecule has 0 spiro atoms. The molecular formula is C9H15BO12S3. The third kappa shape index (κ3) is 6.67. The van der Waals surface area contributed by atoms with E-state index in [1.165, 1.54) is 0 Å². The number of hydrogen-bond donors (Lipinski definition) is 0. The second-order valence-corrected chi connectivity index (χ2v) is 7.42.